The minimum Gasteiger partial charge on any atom is -0.347 e. The van der Waals surface area contributed by atoms with Crippen LogP contribution in [0.5, 0.6) is 0 Å². The first-order chi connectivity index (χ1) is 12.4. The molecule has 6 heteroatoms. The van der Waals surface area contributed by atoms with Crippen molar-refractivity contribution in [3.63, 3.8) is 0 Å². The molecule has 5 nitrogen and oxygen atoms in total. The Hall–Kier alpha value is -2.34. The maximum atomic E-state index is 13.0. The zero-order valence-corrected chi connectivity index (χ0v) is 16.2. The van der Waals surface area contributed by atoms with Crippen LogP contribution < -0.4 is 9.62 Å². The maximum absolute atomic E-state index is 13.0. The van der Waals surface area contributed by atoms with Gasteiger partial charge in [-0.1, -0.05) is 62.4 Å². The molecule has 0 aliphatic rings. The summed E-state index contributed by atoms with van der Waals surface area (Å²) in [4.78, 5) is 13.0. The highest BCUT2D eigenvalue weighted by Crippen LogP contribution is 2.23. The first-order valence-corrected chi connectivity index (χ1v) is 10.6. The van der Waals surface area contributed by atoms with E-state index in [2.05, 4.69) is 5.32 Å². The van der Waals surface area contributed by atoms with Crippen LogP contribution in [-0.4, -0.2) is 26.6 Å². The normalized spacial score (nSPS) is 13.7. The van der Waals surface area contributed by atoms with E-state index in [1.54, 1.807) is 24.3 Å². The Balaban J connectivity index is 2.31. The van der Waals surface area contributed by atoms with Gasteiger partial charge in [0.2, 0.25) is 15.9 Å². The fourth-order valence-electron chi connectivity index (χ4n) is 3.01. The summed E-state index contributed by atoms with van der Waals surface area (Å²) in [5, 5.41) is 3.01. The lowest BCUT2D eigenvalue weighted by atomic mass is 10.0. The zero-order chi connectivity index (χ0) is 19.2. The van der Waals surface area contributed by atoms with Gasteiger partial charge in [0.05, 0.1) is 18.0 Å². The Morgan fingerprint density at radius 1 is 0.962 bits per heavy atom. The summed E-state index contributed by atoms with van der Waals surface area (Å²) in [6.07, 6.45) is 2.22. The second-order valence-electron chi connectivity index (χ2n) is 6.20. The number of amides is 1. The van der Waals surface area contributed by atoms with Crippen LogP contribution in [0.25, 0.3) is 0 Å². The molecule has 1 N–H and O–H groups in total. The van der Waals surface area contributed by atoms with Crippen LogP contribution in [0.2, 0.25) is 0 Å². The molecular weight excluding hydrogens is 348 g/mol. The second kappa shape index (κ2) is 8.85. The lowest BCUT2D eigenvalue weighted by molar-refractivity contribution is -0.123. The third-order valence-corrected chi connectivity index (χ3v) is 5.45. The molecule has 140 valence electrons. The number of carbonyl (C=O) groups is 1. The zero-order valence-electron chi connectivity index (χ0n) is 15.4. The summed E-state index contributed by atoms with van der Waals surface area (Å²) < 4.78 is 26.0. The van der Waals surface area contributed by atoms with Crippen LogP contribution in [-0.2, 0) is 14.8 Å². The lowest BCUT2D eigenvalue weighted by Gasteiger charge is -2.31. The summed E-state index contributed by atoms with van der Waals surface area (Å²) in [5.41, 5.74) is 1.49. The minimum atomic E-state index is -3.61. The summed E-state index contributed by atoms with van der Waals surface area (Å²) in [7, 11) is -3.61. The SMILES string of the molecule is CC[C@H](NC(=O)[C@@H](CC)N(c1ccccc1)S(C)(=O)=O)c1ccccc1. The predicted molar refractivity (Wildman–Crippen MR) is 105 cm³/mol. The van der Waals surface area contributed by atoms with Crippen molar-refractivity contribution >= 4 is 21.6 Å². The number of hydrogen-bond donors (Lipinski definition) is 1. The van der Waals surface area contributed by atoms with Crippen molar-refractivity contribution in [2.45, 2.75) is 38.8 Å². The van der Waals surface area contributed by atoms with Crippen molar-refractivity contribution in [2.75, 3.05) is 10.6 Å². The van der Waals surface area contributed by atoms with Crippen LogP contribution in [0.1, 0.15) is 38.3 Å². The number of hydrogen-bond acceptors (Lipinski definition) is 3. The molecule has 0 aliphatic heterocycles. The molecular formula is C20H26N2O3S. The predicted octanol–water partition coefficient (Wildman–Crippen LogP) is 3.50. The molecule has 0 aromatic heterocycles. The number of para-hydroxylation sites is 1. The number of sulfonamides is 1. The van der Waals surface area contributed by atoms with Gasteiger partial charge in [0, 0.05) is 0 Å². The molecule has 0 aliphatic carbocycles. The van der Waals surface area contributed by atoms with Gasteiger partial charge in [-0.15, -0.1) is 0 Å². The molecule has 0 bridgehead atoms. The van der Waals surface area contributed by atoms with Gasteiger partial charge in [-0.05, 0) is 30.5 Å². The van der Waals surface area contributed by atoms with Crippen molar-refractivity contribution in [3.8, 4) is 0 Å². The molecule has 0 heterocycles. The Bertz CT molecular complexity index is 807. The Morgan fingerprint density at radius 2 is 1.50 bits per heavy atom. The van der Waals surface area contributed by atoms with Gasteiger partial charge < -0.3 is 5.32 Å². The van der Waals surface area contributed by atoms with E-state index >= 15 is 0 Å². The third kappa shape index (κ3) is 4.85. The number of nitrogens with one attached hydrogen (secondary N) is 1. The smallest absolute Gasteiger partial charge is 0.244 e. The Kier molecular flexibility index (Phi) is 6.80. The molecule has 0 unspecified atom stereocenters. The van der Waals surface area contributed by atoms with Crippen molar-refractivity contribution in [1.29, 1.82) is 0 Å². The molecule has 0 saturated carbocycles. The van der Waals surface area contributed by atoms with E-state index < -0.39 is 16.1 Å². The summed E-state index contributed by atoms with van der Waals surface area (Å²) in [5.74, 6) is -0.294. The molecule has 0 spiro atoms. The Labute approximate surface area is 156 Å². The minimum absolute atomic E-state index is 0.157. The van der Waals surface area contributed by atoms with Crippen molar-refractivity contribution in [3.05, 3.63) is 66.2 Å². The van der Waals surface area contributed by atoms with E-state index in [9.17, 15) is 13.2 Å². The highest BCUT2D eigenvalue weighted by Gasteiger charge is 2.32. The van der Waals surface area contributed by atoms with Gasteiger partial charge in [0.15, 0.2) is 0 Å². The average molecular weight is 375 g/mol. The monoisotopic (exact) mass is 374 g/mol. The average Bonchev–Trinajstić information content (AvgIpc) is 2.64. The van der Waals surface area contributed by atoms with Crippen LogP contribution in [0.4, 0.5) is 5.69 Å². The highest BCUT2D eigenvalue weighted by molar-refractivity contribution is 7.92. The van der Waals surface area contributed by atoms with Gasteiger partial charge in [-0.2, -0.15) is 0 Å². The molecule has 0 fully saturated rings. The molecule has 2 aromatic rings. The van der Waals surface area contributed by atoms with E-state index in [0.29, 0.717) is 12.1 Å². The Morgan fingerprint density at radius 3 is 1.96 bits per heavy atom. The van der Waals surface area contributed by atoms with Crippen LogP contribution in [0.15, 0.2) is 60.7 Å². The molecule has 0 radical (unpaired) electrons. The van der Waals surface area contributed by atoms with E-state index in [1.807, 2.05) is 50.2 Å². The standard InChI is InChI=1S/C20H26N2O3S/c1-4-18(16-12-8-6-9-13-16)21-20(23)19(5-2)22(26(3,24)25)17-14-10-7-11-15-17/h6-15,18-19H,4-5H2,1-3H3,(H,21,23)/t18-,19+/m0/s1. The summed E-state index contributed by atoms with van der Waals surface area (Å²) in [6, 6.07) is 17.5. The van der Waals surface area contributed by atoms with Crippen LogP contribution in [0, 0.1) is 0 Å². The first-order valence-electron chi connectivity index (χ1n) is 8.78. The van der Waals surface area contributed by atoms with E-state index in [1.165, 1.54) is 4.31 Å². The van der Waals surface area contributed by atoms with Gasteiger partial charge >= 0.3 is 0 Å². The van der Waals surface area contributed by atoms with Gasteiger partial charge in [0.25, 0.3) is 0 Å². The van der Waals surface area contributed by atoms with Crippen molar-refractivity contribution in [2.24, 2.45) is 0 Å². The van der Waals surface area contributed by atoms with E-state index in [4.69, 9.17) is 0 Å². The number of rotatable bonds is 8. The van der Waals surface area contributed by atoms with Gasteiger partial charge in [-0.25, -0.2) is 8.42 Å². The van der Waals surface area contributed by atoms with Gasteiger partial charge in [0.1, 0.15) is 6.04 Å². The quantitative estimate of drug-likeness (QED) is 0.769. The summed E-state index contributed by atoms with van der Waals surface area (Å²) in [6.45, 7) is 3.80. The third-order valence-electron chi connectivity index (χ3n) is 4.27. The largest absolute Gasteiger partial charge is 0.347 e. The number of benzene rings is 2. The van der Waals surface area contributed by atoms with Crippen molar-refractivity contribution < 1.29 is 13.2 Å². The molecule has 2 aromatic carbocycles. The molecule has 1 amide bonds. The van der Waals surface area contributed by atoms with E-state index in [0.717, 1.165) is 18.2 Å². The van der Waals surface area contributed by atoms with Crippen LogP contribution >= 0.6 is 0 Å². The fraction of sp³-hybridized carbons (Fsp3) is 0.350. The molecule has 26 heavy (non-hydrogen) atoms. The number of carbonyl (C=O) groups excluding carboxylic acids is 1. The summed E-state index contributed by atoms with van der Waals surface area (Å²) >= 11 is 0. The maximum Gasteiger partial charge on any atom is 0.244 e. The second-order valence-corrected chi connectivity index (χ2v) is 8.06. The molecule has 0 saturated heterocycles. The van der Waals surface area contributed by atoms with E-state index in [-0.39, 0.29) is 11.9 Å². The first kappa shape index (κ1) is 20.0. The highest BCUT2D eigenvalue weighted by atomic mass is 32.2. The van der Waals surface area contributed by atoms with Crippen molar-refractivity contribution in [1.82, 2.24) is 5.32 Å². The molecule has 2 atom stereocenters. The number of nitrogens with zero attached hydrogens (tertiary/aromatic N) is 1. The lowest BCUT2D eigenvalue weighted by Crippen LogP contribution is -2.50. The van der Waals surface area contributed by atoms with Crippen LogP contribution in [0.3, 0.4) is 0 Å². The molecule has 2 rings (SSSR count). The fourth-order valence-corrected chi connectivity index (χ4v) is 4.22. The van der Waals surface area contributed by atoms with Gasteiger partial charge in [-0.3, -0.25) is 9.10 Å². The topological polar surface area (TPSA) is 66.5 Å². The number of anilines is 1.